The Balaban J connectivity index is 1.90. The normalized spacial score (nSPS) is 16.1. The molecule has 1 aliphatic heterocycles. The quantitative estimate of drug-likeness (QED) is 0.510. The van der Waals surface area contributed by atoms with Crippen LogP contribution >= 0.6 is 0 Å². The number of nitrogens with one attached hydrogen (secondary N) is 1. The maximum absolute atomic E-state index is 12.1. The molecule has 1 N–H and O–H groups in total. The SMILES string of the molecule is CC(=O)Oc1ccc(/C=C/C(=O)OC(C)(C)C2CCNCC2)cc1. The summed E-state index contributed by atoms with van der Waals surface area (Å²) < 4.78 is 10.6. The van der Waals surface area contributed by atoms with E-state index in [-0.39, 0.29) is 11.9 Å². The fraction of sp³-hybridized carbons (Fsp3) is 0.474. The third kappa shape index (κ3) is 5.49. The summed E-state index contributed by atoms with van der Waals surface area (Å²) in [6, 6.07) is 6.93. The van der Waals surface area contributed by atoms with E-state index >= 15 is 0 Å². The van der Waals surface area contributed by atoms with Gasteiger partial charge in [0.05, 0.1) is 0 Å². The Hall–Kier alpha value is -2.14. The molecule has 1 fully saturated rings. The van der Waals surface area contributed by atoms with E-state index in [1.165, 1.54) is 13.0 Å². The van der Waals surface area contributed by atoms with Gasteiger partial charge in [-0.3, -0.25) is 4.79 Å². The predicted octanol–water partition coefficient (Wildman–Crippen LogP) is 2.95. The van der Waals surface area contributed by atoms with Crippen LogP contribution in [0.2, 0.25) is 0 Å². The number of carbonyl (C=O) groups excluding carboxylic acids is 2. The molecule has 24 heavy (non-hydrogen) atoms. The first kappa shape index (κ1) is 18.2. The summed E-state index contributed by atoms with van der Waals surface area (Å²) in [5, 5.41) is 3.32. The Morgan fingerprint density at radius 1 is 1.17 bits per heavy atom. The number of rotatable bonds is 5. The maximum Gasteiger partial charge on any atom is 0.331 e. The Labute approximate surface area is 143 Å². The summed E-state index contributed by atoms with van der Waals surface area (Å²) in [5.41, 5.74) is 0.366. The van der Waals surface area contributed by atoms with Crippen molar-refractivity contribution in [2.45, 2.75) is 39.2 Å². The number of hydrogen-bond donors (Lipinski definition) is 1. The summed E-state index contributed by atoms with van der Waals surface area (Å²) in [6.45, 7) is 7.24. The van der Waals surface area contributed by atoms with Gasteiger partial charge in [0.25, 0.3) is 0 Å². The Kier molecular flexibility index (Phi) is 6.15. The fourth-order valence-corrected chi connectivity index (χ4v) is 2.87. The molecule has 0 aromatic heterocycles. The lowest BCUT2D eigenvalue weighted by Gasteiger charge is -2.36. The number of hydrogen-bond acceptors (Lipinski definition) is 5. The van der Waals surface area contributed by atoms with Crippen LogP contribution in [-0.2, 0) is 14.3 Å². The monoisotopic (exact) mass is 331 g/mol. The molecule has 1 heterocycles. The average Bonchev–Trinajstić information content (AvgIpc) is 2.54. The number of piperidine rings is 1. The van der Waals surface area contributed by atoms with Gasteiger partial charge in [-0.1, -0.05) is 12.1 Å². The largest absolute Gasteiger partial charge is 0.456 e. The van der Waals surface area contributed by atoms with Gasteiger partial charge >= 0.3 is 11.9 Å². The molecule has 0 bridgehead atoms. The molecule has 5 heteroatoms. The van der Waals surface area contributed by atoms with Gasteiger partial charge in [0, 0.05) is 18.9 Å². The van der Waals surface area contributed by atoms with E-state index in [1.54, 1.807) is 30.3 Å². The first-order valence-electron chi connectivity index (χ1n) is 8.27. The zero-order valence-corrected chi connectivity index (χ0v) is 14.5. The summed E-state index contributed by atoms with van der Waals surface area (Å²) in [4.78, 5) is 23.0. The van der Waals surface area contributed by atoms with Gasteiger partial charge in [-0.2, -0.15) is 0 Å². The maximum atomic E-state index is 12.1. The summed E-state index contributed by atoms with van der Waals surface area (Å²) >= 11 is 0. The van der Waals surface area contributed by atoms with Crippen LogP contribution in [-0.4, -0.2) is 30.6 Å². The van der Waals surface area contributed by atoms with Crippen molar-refractivity contribution >= 4 is 18.0 Å². The highest BCUT2D eigenvalue weighted by Crippen LogP contribution is 2.29. The Bertz CT molecular complexity index is 598. The molecule has 0 atom stereocenters. The molecule has 1 aliphatic rings. The van der Waals surface area contributed by atoms with E-state index in [1.807, 2.05) is 13.8 Å². The zero-order chi connectivity index (χ0) is 17.6. The topological polar surface area (TPSA) is 64.6 Å². The first-order valence-corrected chi connectivity index (χ1v) is 8.27. The van der Waals surface area contributed by atoms with Crippen LogP contribution in [0.3, 0.4) is 0 Å². The van der Waals surface area contributed by atoms with Crippen molar-refractivity contribution in [1.29, 1.82) is 0 Å². The molecule has 2 rings (SSSR count). The zero-order valence-electron chi connectivity index (χ0n) is 14.5. The molecule has 0 radical (unpaired) electrons. The van der Waals surface area contributed by atoms with Gasteiger partial charge in [-0.25, -0.2) is 4.79 Å². The van der Waals surface area contributed by atoms with E-state index in [2.05, 4.69) is 5.32 Å². The number of esters is 2. The third-order valence-electron chi connectivity index (χ3n) is 4.24. The Morgan fingerprint density at radius 2 is 1.79 bits per heavy atom. The molecule has 1 saturated heterocycles. The van der Waals surface area contributed by atoms with Gasteiger partial charge in [0.2, 0.25) is 0 Å². The molecular formula is C19H25NO4. The fourth-order valence-electron chi connectivity index (χ4n) is 2.87. The Morgan fingerprint density at radius 3 is 2.38 bits per heavy atom. The molecule has 0 amide bonds. The van der Waals surface area contributed by atoms with Crippen molar-refractivity contribution in [2.24, 2.45) is 5.92 Å². The number of benzene rings is 1. The van der Waals surface area contributed by atoms with Crippen LogP contribution in [0.15, 0.2) is 30.3 Å². The van der Waals surface area contributed by atoms with E-state index in [9.17, 15) is 9.59 Å². The minimum absolute atomic E-state index is 0.345. The summed E-state index contributed by atoms with van der Waals surface area (Å²) in [5.74, 6) is 0.151. The predicted molar refractivity (Wildman–Crippen MR) is 92.5 cm³/mol. The minimum Gasteiger partial charge on any atom is -0.456 e. The van der Waals surface area contributed by atoms with Crippen LogP contribution in [0.5, 0.6) is 5.75 Å². The molecule has 1 aromatic rings. The standard InChI is InChI=1S/C19H25NO4/c1-14(21)23-17-7-4-15(5-8-17)6-9-18(22)24-19(2,3)16-10-12-20-13-11-16/h4-9,16,20H,10-13H2,1-3H3/b9-6+. The van der Waals surface area contributed by atoms with E-state index in [0.29, 0.717) is 11.7 Å². The van der Waals surface area contributed by atoms with Crippen molar-refractivity contribution in [3.8, 4) is 5.75 Å². The van der Waals surface area contributed by atoms with Gasteiger partial charge < -0.3 is 14.8 Å². The van der Waals surface area contributed by atoms with Crippen LogP contribution in [0.4, 0.5) is 0 Å². The van der Waals surface area contributed by atoms with E-state index in [0.717, 1.165) is 31.5 Å². The highest BCUT2D eigenvalue weighted by Gasteiger charge is 2.33. The van der Waals surface area contributed by atoms with Crippen molar-refractivity contribution in [1.82, 2.24) is 5.32 Å². The highest BCUT2D eigenvalue weighted by molar-refractivity contribution is 5.87. The lowest BCUT2D eigenvalue weighted by Crippen LogP contribution is -2.42. The molecule has 0 spiro atoms. The molecule has 5 nitrogen and oxygen atoms in total. The lowest BCUT2D eigenvalue weighted by atomic mass is 9.83. The molecule has 0 unspecified atom stereocenters. The second-order valence-electron chi connectivity index (χ2n) is 6.54. The molecule has 1 aromatic carbocycles. The van der Waals surface area contributed by atoms with Crippen LogP contribution in [0.25, 0.3) is 6.08 Å². The lowest BCUT2D eigenvalue weighted by molar-refractivity contribution is -0.156. The molecule has 130 valence electrons. The third-order valence-corrected chi connectivity index (χ3v) is 4.24. The smallest absolute Gasteiger partial charge is 0.331 e. The first-order chi connectivity index (χ1) is 11.4. The van der Waals surface area contributed by atoms with Gasteiger partial charge in [-0.15, -0.1) is 0 Å². The van der Waals surface area contributed by atoms with Gasteiger partial charge in [0.1, 0.15) is 11.4 Å². The van der Waals surface area contributed by atoms with Crippen molar-refractivity contribution < 1.29 is 19.1 Å². The van der Waals surface area contributed by atoms with Gasteiger partial charge in [-0.05, 0) is 63.6 Å². The van der Waals surface area contributed by atoms with Gasteiger partial charge in [0.15, 0.2) is 0 Å². The van der Waals surface area contributed by atoms with Crippen LogP contribution in [0.1, 0.15) is 39.2 Å². The van der Waals surface area contributed by atoms with Crippen molar-refractivity contribution in [3.05, 3.63) is 35.9 Å². The molecule has 0 saturated carbocycles. The van der Waals surface area contributed by atoms with Crippen molar-refractivity contribution in [3.63, 3.8) is 0 Å². The van der Waals surface area contributed by atoms with Crippen LogP contribution in [0, 0.1) is 5.92 Å². The minimum atomic E-state index is -0.470. The second-order valence-corrected chi connectivity index (χ2v) is 6.54. The second kappa shape index (κ2) is 8.11. The van der Waals surface area contributed by atoms with Crippen LogP contribution < -0.4 is 10.1 Å². The summed E-state index contributed by atoms with van der Waals surface area (Å²) in [7, 11) is 0. The van der Waals surface area contributed by atoms with E-state index in [4.69, 9.17) is 9.47 Å². The number of ether oxygens (including phenoxy) is 2. The van der Waals surface area contributed by atoms with E-state index < -0.39 is 5.60 Å². The number of carbonyl (C=O) groups is 2. The summed E-state index contributed by atoms with van der Waals surface area (Å²) in [6.07, 6.45) is 5.16. The molecule has 0 aliphatic carbocycles. The highest BCUT2D eigenvalue weighted by atomic mass is 16.6. The average molecular weight is 331 g/mol. The molecular weight excluding hydrogens is 306 g/mol. The van der Waals surface area contributed by atoms with Crippen molar-refractivity contribution in [2.75, 3.05) is 13.1 Å².